The van der Waals surface area contributed by atoms with E-state index in [1.54, 1.807) is 30.2 Å². The molecule has 0 aromatic heterocycles. The minimum atomic E-state index is -0.573. The standard InChI is InChI=1S/C22H26Cl2N2O3/c1-4-20(22(28)25-5-2)26(14-16-7-6-8-17(11-16)29-3)21(27)13-15-9-10-18(23)19(24)12-15/h6-12,20H,4-5,13-14H2,1-3H3,(H,25,28). The molecule has 0 aliphatic carbocycles. The van der Waals surface area contributed by atoms with Gasteiger partial charge in [0.1, 0.15) is 11.8 Å². The second kappa shape index (κ2) is 11.1. The number of rotatable bonds is 9. The lowest BCUT2D eigenvalue weighted by atomic mass is 10.1. The first-order chi connectivity index (χ1) is 13.9. The Bertz CT molecular complexity index is 858. The molecule has 7 heteroatoms. The highest BCUT2D eigenvalue weighted by Crippen LogP contribution is 2.24. The first-order valence-corrected chi connectivity index (χ1v) is 10.3. The Labute approximate surface area is 181 Å². The zero-order valence-corrected chi connectivity index (χ0v) is 18.4. The molecule has 0 saturated heterocycles. The van der Waals surface area contributed by atoms with E-state index in [2.05, 4.69) is 5.32 Å². The van der Waals surface area contributed by atoms with Crippen LogP contribution in [-0.4, -0.2) is 36.4 Å². The number of ether oxygens (including phenoxy) is 1. The fourth-order valence-corrected chi connectivity index (χ4v) is 3.43. The van der Waals surface area contributed by atoms with Crippen molar-refractivity contribution in [2.75, 3.05) is 13.7 Å². The van der Waals surface area contributed by atoms with Gasteiger partial charge in [-0.25, -0.2) is 0 Å². The average molecular weight is 437 g/mol. The Morgan fingerprint density at radius 1 is 1.07 bits per heavy atom. The van der Waals surface area contributed by atoms with Crippen LogP contribution in [0.15, 0.2) is 42.5 Å². The highest BCUT2D eigenvalue weighted by molar-refractivity contribution is 6.42. The summed E-state index contributed by atoms with van der Waals surface area (Å²) in [6.45, 7) is 4.55. The van der Waals surface area contributed by atoms with Gasteiger partial charge in [0.2, 0.25) is 11.8 Å². The minimum absolute atomic E-state index is 0.122. The quantitative estimate of drug-likeness (QED) is 0.629. The molecule has 0 aliphatic rings. The number of methoxy groups -OCH3 is 1. The van der Waals surface area contributed by atoms with Crippen LogP contribution < -0.4 is 10.1 Å². The zero-order chi connectivity index (χ0) is 21.4. The minimum Gasteiger partial charge on any atom is -0.497 e. The van der Waals surface area contributed by atoms with Gasteiger partial charge in [0.05, 0.1) is 23.6 Å². The van der Waals surface area contributed by atoms with Gasteiger partial charge in [0.15, 0.2) is 0 Å². The average Bonchev–Trinajstić information content (AvgIpc) is 2.71. The first kappa shape index (κ1) is 23.0. The lowest BCUT2D eigenvalue weighted by Crippen LogP contribution is -2.49. The van der Waals surface area contributed by atoms with Crippen LogP contribution >= 0.6 is 23.2 Å². The normalized spacial score (nSPS) is 11.6. The number of amides is 2. The van der Waals surface area contributed by atoms with Crippen molar-refractivity contribution in [1.29, 1.82) is 0 Å². The van der Waals surface area contributed by atoms with Crippen molar-refractivity contribution in [1.82, 2.24) is 10.2 Å². The number of carbonyl (C=O) groups is 2. The second-order valence-corrected chi connectivity index (χ2v) is 7.43. The summed E-state index contributed by atoms with van der Waals surface area (Å²) in [7, 11) is 1.59. The number of hydrogen-bond acceptors (Lipinski definition) is 3. The molecule has 1 unspecified atom stereocenters. The van der Waals surface area contributed by atoms with Crippen LogP contribution in [0.2, 0.25) is 10.0 Å². The van der Waals surface area contributed by atoms with Gasteiger partial charge in [-0.05, 0) is 48.7 Å². The molecule has 29 heavy (non-hydrogen) atoms. The van der Waals surface area contributed by atoms with Crippen LogP contribution in [-0.2, 0) is 22.6 Å². The molecular formula is C22H26Cl2N2O3. The maximum atomic E-state index is 13.2. The van der Waals surface area contributed by atoms with Gasteiger partial charge in [-0.2, -0.15) is 0 Å². The lowest BCUT2D eigenvalue weighted by molar-refractivity contribution is -0.140. The van der Waals surface area contributed by atoms with E-state index >= 15 is 0 Å². The molecule has 0 bridgehead atoms. The molecule has 1 N–H and O–H groups in total. The fraction of sp³-hybridized carbons (Fsp3) is 0.364. The van der Waals surface area contributed by atoms with Crippen molar-refractivity contribution in [2.45, 2.75) is 39.3 Å². The number of likely N-dealkylation sites (N-methyl/N-ethyl adjacent to an activating group) is 1. The molecule has 2 aromatic carbocycles. The summed E-state index contributed by atoms with van der Waals surface area (Å²) in [6.07, 6.45) is 0.625. The molecule has 156 valence electrons. The predicted molar refractivity (Wildman–Crippen MR) is 116 cm³/mol. The highest BCUT2D eigenvalue weighted by atomic mass is 35.5. The molecule has 1 atom stereocenters. The number of halogens is 2. The third-order valence-electron chi connectivity index (χ3n) is 4.56. The van der Waals surface area contributed by atoms with Crippen molar-refractivity contribution in [3.05, 3.63) is 63.6 Å². The second-order valence-electron chi connectivity index (χ2n) is 6.62. The summed E-state index contributed by atoms with van der Waals surface area (Å²) in [4.78, 5) is 27.4. The predicted octanol–water partition coefficient (Wildman–Crippen LogP) is 4.49. The van der Waals surface area contributed by atoms with E-state index in [0.29, 0.717) is 35.3 Å². The maximum absolute atomic E-state index is 13.2. The highest BCUT2D eigenvalue weighted by Gasteiger charge is 2.28. The number of nitrogens with zero attached hydrogens (tertiary/aromatic N) is 1. The van der Waals surface area contributed by atoms with Crippen LogP contribution in [0.25, 0.3) is 0 Å². The van der Waals surface area contributed by atoms with Gasteiger partial charge in [0.25, 0.3) is 0 Å². The van der Waals surface area contributed by atoms with Crippen molar-refractivity contribution < 1.29 is 14.3 Å². The molecule has 2 amide bonds. The number of carbonyl (C=O) groups excluding carboxylic acids is 2. The van der Waals surface area contributed by atoms with Gasteiger partial charge in [-0.1, -0.05) is 48.3 Å². The third kappa shape index (κ3) is 6.38. The van der Waals surface area contributed by atoms with Crippen LogP contribution in [0.3, 0.4) is 0 Å². The number of nitrogens with one attached hydrogen (secondary N) is 1. The van der Waals surface area contributed by atoms with E-state index < -0.39 is 6.04 Å². The zero-order valence-electron chi connectivity index (χ0n) is 16.9. The smallest absolute Gasteiger partial charge is 0.242 e. The van der Waals surface area contributed by atoms with Crippen LogP contribution in [0.1, 0.15) is 31.4 Å². The number of benzene rings is 2. The van der Waals surface area contributed by atoms with Gasteiger partial charge >= 0.3 is 0 Å². The van der Waals surface area contributed by atoms with E-state index in [9.17, 15) is 9.59 Å². The Morgan fingerprint density at radius 2 is 1.83 bits per heavy atom. The van der Waals surface area contributed by atoms with Crippen LogP contribution in [0.5, 0.6) is 5.75 Å². The van der Waals surface area contributed by atoms with E-state index in [4.69, 9.17) is 27.9 Å². The molecule has 0 saturated carbocycles. The molecule has 0 radical (unpaired) electrons. The SMILES string of the molecule is CCNC(=O)C(CC)N(Cc1cccc(OC)c1)C(=O)Cc1ccc(Cl)c(Cl)c1. The molecule has 2 rings (SSSR count). The molecule has 0 heterocycles. The van der Waals surface area contributed by atoms with Crippen LogP contribution in [0, 0.1) is 0 Å². The molecular weight excluding hydrogens is 411 g/mol. The lowest BCUT2D eigenvalue weighted by Gasteiger charge is -2.30. The maximum Gasteiger partial charge on any atom is 0.242 e. The molecule has 0 spiro atoms. The summed E-state index contributed by atoms with van der Waals surface area (Å²) < 4.78 is 5.28. The van der Waals surface area contributed by atoms with Gasteiger partial charge in [-0.15, -0.1) is 0 Å². The van der Waals surface area contributed by atoms with E-state index in [0.717, 1.165) is 11.1 Å². The number of hydrogen-bond donors (Lipinski definition) is 1. The Balaban J connectivity index is 2.31. The summed E-state index contributed by atoms with van der Waals surface area (Å²) in [5.41, 5.74) is 1.63. The molecule has 2 aromatic rings. The summed E-state index contributed by atoms with van der Waals surface area (Å²) in [5, 5.41) is 3.66. The summed E-state index contributed by atoms with van der Waals surface area (Å²) in [5.74, 6) is 0.370. The largest absolute Gasteiger partial charge is 0.497 e. The topological polar surface area (TPSA) is 58.6 Å². The molecule has 0 fully saturated rings. The molecule has 5 nitrogen and oxygen atoms in total. The van der Waals surface area contributed by atoms with Crippen LogP contribution in [0.4, 0.5) is 0 Å². The first-order valence-electron chi connectivity index (χ1n) is 9.53. The van der Waals surface area contributed by atoms with E-state index in [-0.39, 0.29) is 18.2 Å². The fourth-order valence-electron chi connectivity index (χ4n) is 3.10. The van der Waals surface area contributed by atoms with Crippen molar-refractivity contribution in [3.63, 3.8) is 0 Å². The van der Waals surface area contributed by atoms with Gasteiger partial charge in [-0.3, -0.25) is 9.59 Å². The Morgan fingerprint density at radius 3 is 2.45 bits per heavy atom. The van der Waals surface area contributed by atoms with Gasteiger partial charge in [0, 0.05) is 13.1 Å². The monoisotopic (exact) mass is 436 g/mol. The van der Waals surface area contributed by atoms with Gasteiger partial charge < -0.3 is 15.0 Å². The third-order valence-corrected chi connectivity index (χ3v) is 5.30. The summed E-state index contributed by atoms with van der Waals surface area (Å²) >= 11 is 12.1. The Hall–Kier alpha value is -2.24. The van der Waals surface area contributed by atoms with E-state index in [1.165, 1.54) is 0 Å². The Kier molecular flexibility index (Phi) is 8.80. The van der Waals surface area contributed by atoms with Crippen molar-refractivity contribution in [2.24, 2.45) is 0 Å². The van der Waals surface area contributed by atoms with Crippen molar-refractivity contribution >= 4 is 35.0 Å². The van der Waals surface area contributed by atoms with Crippen molar-refractivity contribution in [3.8, 4) is 5.75 Å². The molecule has 0 aliphatic heterocycles. The summed E-state index contributed by atoms with van der Waals surface area (Å²) in [6, 6.07) is 12.0. The van der Waals surface area contributed by atoms with E-state index in [1.807, 2.05) is 38.1 Å².